The fourth-order valence-electron chi connectivity index (χ4n) is 9.28. The molecule has 646 valence electrons. The second-order valence-electron chi connectivity index (χ2n) is 23.3. The minimum absolute atomic E-state index is 0. The number of aromatic nitrogens is 12. The van der Waals surface area contributed by atoms with Crippen LogP contribution in [0.15, 0.2) is 83.7 Å². The van der Waals surface area contributed by atoms with Gasteiger partial charge in [-0.2, -0.15) is 29.3 Å². The van der Waals surface area contributed by atoms with Gasteiger partial charge >= 0.3 is 22.4 Å². The summed E-state index contributed by atoms with van der Waals surface area (Å²) in [6, 6.07) is 21.6. The third-order valence-electron chi connectivity index (χ3n) is 14.7. The largest absolute Gasteiger partial charge is 0.457 e. The number of aliphatic hydroxyl groups excluding tert-OH is 1. The van der Waals surface area contributed by atoms with Crippen LogP contribution < -0.4 is 44.0 Å². The molecule has 2 aliphatic rings. The summed E-state index contributed by atoms with van der Waals surface area (Å²) >= 11 is 52.6. The Hall–Kier alpha value is -9.86. The highest BCUT2D eigenvalue weighted by Crippen LogP contribution is 2.61. The quantitative estimate of drug-likeness (QED) is 0.0116. The van der Waals surface area contributed by atoms with Gasteiger partial charge in [0.1, 0.15) is 70.6 Å². The van der Waals surface area contributed by atoms with Crippen LogP contribution in [0.2, 0.25) is 30.4 Å². The Labute approximate surface area is 731 Å². The molecule has 8 heterocycles. The van der Waals surface area contributed by atoms with Crippen molar-refractivity contribution < 1.29 is 59.9 Å². The van der Waals surface area contributed by atoms with Gasteiger partial charge in [0.2, 0.25) is 17.1 Å². The van der Waals surface area contributed by atoms with Crippen molar-refractivity contribution >= 4 is 210 Å². The number of nitrogens with two attached hydrogens (primary N) is 3. The van der Waals surface area contributed by atoms with Crippen LogP contribution in [0.5, 0.6) is 0 Å². The van der Waals surface area contributed by atoms with Crippen LogP contribution in [0.4, 0.5) is 58.9 Å². The molecule has 49 heteroatoms. The van der Waals surface area contributed by atoms with E-state index < -0.39 is 57.3 Å². The zero-order chi connectivity index (χ0) is 88.7. The number of rotatable bonds is 2. The Balaban J connectivity index is 0.000000466. The summed E-state index contributed by atoms with van der Waals surface area (Å²) < 4.78 is 100. The molecular weight excluding hydrogens is 1820 g/mol. The number of nitrogen functional groups attached to an aromatic ring is 2. The lowest BCUT2D eigenvalue weighted by atomic mass is 10.2. The first-order valence-corrected chi connectivity index (χ1v) is 40.1. The number of nitrogens with zero attached hydrogens (tertiary/aromatic N) is 17. The van der Waals surface area contributed by atoms with Crippen LogP contribution >= 0.6 is 120 Å². The van der Waals surface area contributed by atoms with Gasteiger partial charge in [-0.15, -0.1) is 15.3 Å². The fourth-order valence-corrected chi connectivity index (χ4v) is 10.3. The summed E-state index contributed by atoms with van der Waals surface area (Å²) in [5.41, 5.74) is 14.9. The molecule has 2 amide bonds. The number of hydrogen-bond acceptors (Lipinski definition) is 26. The lowest BCUT2D eigenvalue weighted by Gasteiger charge is -2.33. The summed E-state index contributed by atoms with van der Waals surface area (Å²) in [5.74, 6) is 3.37. The zero-order valence-electron chi connectivity index (χ0n) is 63.0. The normalized spacial score (nSPS) is 11.8. The van der Waals surface area contributed by atoms with Gasteiger partial charge in [-0.1, -0.05) is 72.9 Å². The number of likely N-dealkylation sites (N-methyl/N-ethyl adjacent to an activating group) is 2. The first-order chi connectivity index (χ1) is 55.5. The number of ether oxygens (including phenoxy) is 2. The molecular formula is C71H77Cl10F6N24O8P. The van der Waals surface area contributed by atoms with E-state index in [4.69, 9.17) is 102 Å². The van der Waals surface area contributed by atoms with Crippen LogP contribution in [-0.4, -0.2) is 178 Å². The highest BCUT2D eigenvalue weighted by molar-refractivity contribution is 8.24. The maximum absolute atomic E-state index is 13.8. The maximum Gasteiger partial charge on any atom is 0.411 e. The van der Waals surface area contributed by atoms with Crippen molar-refractivity contribution in [1.29, 1.82) is 15.8 Å². The van der Waals surface area contributed by atoms with Gasteiger partial charge in [0.25, 0.3) is 0 Å². The number of hydrogen-bond donors (Lipinski definition) is 8. The molecule has 0 atom stereocenters. The van der Waals surface area contributed by atoms with E-state index in [0.717, 1.165) is 75.2 Å². The van der Waals surface area contributed by atoms with Crippen molar-refractivity contribution in [1.82, 2.24) is 79.3 Å². The summed E-state index contributed by atoms with van der Waals surface area (Å²) in [5, 5.41) is 49.6. The number of aliphatic hydroxyl groups is 1. The van der Waals surface area contributed by atoms with Gasteiger partial charge in [0.05, 0.1) is 89.6 Å². The third-order valence-corrected chi connectivity index (χ3v) is 16.5. The number of methoxy groups -OCH3 is 2. The SMILES string of the molecule is C.C.CC(=O)NN.CCO.CN1CCNCC1.COC(=O)Cl.COC(=O)Nc1cc(F)c(Cl)cc1C#N.Cc1nc2c3cc(Cl)c(F)cc3[nH]c(=O)n2n1.Cc1nc2c3cc(Cl)c(F)cc3nc(Cl)n2n1.Cc1nc2c3cc(Cl)c(F)cc3nc(N3CCN(C)CC3)n2n1.N#Cc1cc(Cl)c(F)cc1N.N#Cc1ccc(F)cc1N.O=P(Cl)(Cl)Cl. The van der Waals surface area contributed by atoms with Crippen molar-refractivity contribution in [3.8, 4) is 18.2 Å². The number of aromatic amines is 1. The topological polar surface area (TPSA) is 451 Å². The number of nitriles is 3. The highest BCUT2D eigenvalue weighted by Gasteiger charge is 2.23. The number of H-pyrrole nitrogens is 1. The molecule has 12 aromatic rings. The Morgan fingerprint density at radius 1 is 0.583 bits per heavy atom. The van der Waals surface area contributed by atoms with Gasteiger partial charge in [0, 0.05) is 112 Å². The van der Waals surface area contributed by atoms with Crippen LogP contribution in [0, 0.1) is 89.7 Å². The molecule has 6 aromatic carbocycles. The molecule has 0 spiro atoms. The minimum atomic E-state index is -3.22. The number of carbonyl (C=O) groups is 3. The maximum atomic E-state index is 13.8. The number of fused-ring (bicyclic) bond motifs is 9. The molecule has 32 nitrogen and oxygen atoms in total. The Kier molecular flexibility index (Phi) is 45.2. The highest BCUT2D eigenvalue weighted by atomic mass is 36.0. The van der Waals surface area contributed by atoms with Gasteiger partial charge in [-0.25, -0.2) is 71.5 Å². The van der Waals surface area contributed by atoms with E-state index in [2.05, 4.69) is 145 Å². The number of halogens is 16. The summed E-state index contributed by atoms with van der Waals surface area (Å²) in [6.45, 7) is 16.8. The van der Waals surface area contributed by atoms with Crippen molar-refractivity contribution in [2.45, 2.75) is 49.5 Å². The molecule has 11 N–H and O–H groups in total. The summed E-state index contributed by atoms with van der Waals surface area (Å²) in [6.07, 6.45) is -0.784. The van der Waals surface area contributed by atoms with Crippen LogP contribution in [-0.2, 0) is 18.8 Å². The molecule has 0 saturated carbocycles. The van der Waals surface area contributed by atoms with Crippen molar-refractivity contribution in [2.24, 2.45) is 5.84 Å². The summed E-state index contributed by atoms with van der Waals surface area (Å²) in [4.78, 5) is 72.2. The first kappa shape index (κ1) is 106. The predicted molar refractivity (Wildman–Crippen MR) is 458 cm³/mol. The molecule has 6 aromatic heterocycles. The Morgan fingerprint density at radius 3 is 1.42 bits per heavy atom. The average molecular weight is 1890 g/mol. The second-order valence-corrected chi connectivity index (χ2v) is 32.7. The number of hydrazine groups is 1. The summed E-state index contributed by atoms with van der Waals surface area (Å²) in [7, 11) is 6.63. The standard InChI is InChI=1S/C15H16ClFN6.C10H5Cl2FN4.C10H6ClFN4O.C9H6ClFN2O2.C7H4ClFN2.C7H5FN2.C5H12N2.C2H3ClO2.C2H6N2O.C2H6O.2CH4.Cl3OP/c1-9-18-14-10-7-11(16)12(17)8-13(10)19-15(23(14)20-9)22-5-3-21(2)4-6-22;1-4-14-9-5-2-6(11)7(13)3-8(5)15-10(12)17(9)16-4;1-4-13-9-5-2-6(11)7(12)3-8(5)14-10(17)16(9)15-4;1-15-9(14)13-8-3-7(11)6(10)2-5(8)4-12;8-5-1-4(3-10)7(11)2-6(5)9;8-6-2-1-5(4-9)7(10)3-6;1-7-4-2-6-3-5-7;1-5-2(3)4;1-2(5)4-3;1-2-3;;;1-5(2,3)4/h7-8H,3-6H2,1-2H3;2-3H,1H3;2-3H,1H3,(H,14,17);2-3H,1H3,(H,13,14);1-2H,11H2;1-3H,10H2;6H,2-5H2,1H3;1H3;3H2,1H3,(H,4,5);3H,2H2,1H3;2*1H4;. The van der Waals surface area contributed by atoms with Gasteiger partial charge in [-0.3, -0.25) is 20.1 Å². The van der Waals surface area contributed by atoms with E-state index in [0.29, 0.717) is 78.6 Å². The van der Waals surface area contributed by atoms with Gasteiger partial charge < -0.3 is 51.0 Å². The van der Waals surface area contributed by atoms with E-state index in [9.17, 15) is 50.1 Å². The van der Waals surface area contributed by atoms with Crippen LogP contribution in [0.3, 0.4) is 0 Å². The number of benzene rings is 6. The second kappa shape index (κ2) is 51.0. The fraction of sp³-hybridized carbons (Fsp3) is 0.282. The van der Waals surface area contributed by atoms with E-state index in [1.807, 2.05) is 18.4 Å². The lowest BCUT2D eigenvalue weighted by molar-refractivity contribution is -0.119. The van der Waals surface area contributed by atoms with E-state index in [1.54, 1.807) is 43.5 Å². The predicted octanol–water partition coefficient (Wildman–Crippen LogP) is 16.2. The molecule has 120 heavy (non-hydrogen) atoms. The molecule has 0 bridgehead atoms. The van der Waals surface area contributed by atoms with Gasteiger partial charge in [0.15, 0.2) is 16.9 Å². The molecule has 2 fully saturated rings. The molecule has 14 rings (SSSR count). The van der Waals surface area contributed by atoms with E-state index >= 15 is 0 Å². The Morgan fingerprint density at radius 2 is 0.975 bits per heavy atom. The number of amides is 2. The number of piperazine rings is 2. The zero-order valence-corrected chi connectivity index (χ0v) is 71.5. The minimum Gasteiger partial charge on any atom is -0.457 e. The van der Waals surface area contributed by atoms with Gasteiger partial charge in [-0.05, 0) is 148 Å². The third kappa shape index (κ3) is 33.3. The monoisotopic (exact) mass is 1890 g/mol. The number of aryl methyl sites for hydroxylation is 3. The molecule has 0 unspecified atom stereocenters. The molecule has 2 saturated heterocycles. The van der Waals surface area contributed by atoms with E-state index in [1.165, 1.54) is 80.2 Å². The smallest absolute Gasteiger partial charge is 0.411 e. The Bertz CT molecular complexity index is 5770. The molecule has 2 aliphatic heterocycles. The van der Waals surface area contributed by atoms with Crippen molar-refractivity contribution in [3.05, 3.63) is 189 Å². The van der Waals surface area contributed by atoms with Crippen LogP contribution in [0.1, 0.15) is 62.9 Å². The van der Waals surface area contributed by atoms with E-state index in [-0.39, 0.29) is 86.0 Å². The van der Waals surface area contributed by atoms with Crippen LogP contribution in [0.25, 0.3) is 49.7 Å². The van der Waals surface area contributed by atoms with Crippen molar-refractivity contribution in [3.63, 3.8) is 0 Å². The number of nitrogens with one attached hydrogen (secondary N) is 4. The lowest BCUT2D eigenvalue weighted by Crippen LogP contribution is -2.45. The average Bonchev–Trinajstić information content (AvgIpc) is 1.55. The number of carbonyl (C=O) groups excluding carboxylic acids is 3. The molecule has 0 aliphatic carbocycles. The molecule has 0 radical (unpaired) electrons. The van der Waals surface area contributed by atoms with Crippen molar-refractivity contribution in [2.75, 3.05) is 109 Å². The first-order valence-electron chi connectivity index (χ1n) is 33.1. The number of anilines is 4.